The van der Waals surface area contributed by atoms with E-state index in [9.17, 15) is 4.79 Å². The molecule has 30 heavy (non-hydrogen) atoms. The van der Waals surface area contributed by atoms with Crippen LogP contribution in [0.3, 0.4) is 0 Å². The van der Waals surface area contributed by atoms with Crippen molar-refractivity contribution >= 4 is 12.1 Å². The first-order valence-electron chi connectivity index (χ1n) is 10.4. The van der Waals surface area contributed by atoms with E-state index in [1.165, 1.54) is 11.1 Å². The van der Waals surface area contributed by atoms with Crippen LogP contribution in [0.25, 0.3) is 0 Å². The van der Waals surface area contributed by atoms with Gasteiger partial charge < -0.3 is 19.6 Å². The molecule has 0 fully saturated rings. The van der Waals surface area contributed by atoms with E-state index in [1.807, 2.05) is 30.3 Å². The maximum absolute atomic E-state index is 12.3. The van der Waals surface area contributed by atoms with Crippen molar-refractivity contribution in [3.8, 4) is 11.5 Å². The number of oxime groups is 1. The van der Waals surface area contributed by atoms with Gasteiger partial charge in [0.15, 0.2) is 18.1 Å². The molecule has 2 aromatic carbocycles. The molecule has 1 amide bonds. The summed E-state index contributed by atoms with van der Waals surface area (Å²) in [5, 5.41) is 6.96. The summed E-state index contributed by atoms with van der Waals surface area (Å²) in [7, 11) is 1.60. The van der Waals surface area contributed by atoms with Crippen LogP contribution in [0.5, 0.6) is 11.5 Å². The molecule has 0 aliphatic heterocycles. The summed E-state index contributed by atoms with van der Waals surface area (Å²) in [6.07, 6.45) is 4.63. The van der Waals surface area contributed by atoms with E-state index < -0.39 is 0 Å². The van der Waals surface area contributed by atoms with Gasteiger partial charge in [0.2, 0.25) is 0 Å². The number of benzene rings is 2. The van der Waals surface area contributed by atoms with E-state index >= 15 is 0 Å². The van der Waals surface area contributed by atoms with Crippen LogP contribution < -0.4 is 14.8 Å². The average molecular weight is 411 g/mol. The third kappa shape index (κ3) is 5.99. The minimum absolute atomic E-state index is 0.0395. The van der Waals surface area contributed by atoms with Gasteiger partial charge in [-0.3, -0.25) is 4.79 Å². The maximum Gasteiger partial charge on any atom is 0.261 e. The summed E-state index contributed by atoms with van der Waals surface area (Å²) in [6, 6.07) is 13.8. The first-order valence-corrected chi connectivity index (χ1v) is 10.4. The first kappa shape index (κ1) is 21.7. The van der Waals surface area contributed by atoms with Crippen molar-refractivity contribution in [2.75, 3.05) is 20.3 Å². The number of nitrogens with one attached hydrogen (secondary N) is 1. The number of methoxy groups -OCH3 is 1. The molecular formula is C24H30N2O4. The van der Waals surface area contributed by atoms with Crippen LogP contribution in [0.15, 0.2) is 47.6 Å². The fraction of sp³-hybridized carbons (Fsp3) is 0.417. The molecule has 6 heteroatoms. The van der Waals surface area contributed by atoms with E-state index in [0.29, 0.717) is 24.0 Å². The highest BCUT2D eigenvalue weighted by molar-refractivity contribution is 5.81. The number of hydrogen-bond acceptors (Lipinski definition) is 5. The lowest BCUT2D eigenvalue weighted by atomic mass is 9.88. The lowest BCUT2D eigenvalue weighted by molar-refractivity contribution is -0.126. The summed E-state index contributed by atoms with van der Waals surface area (Å²) in [4.78, 5) is 17.5. The number of rotatable bonds is 9. The number of aryl methyl sites for hydroxylation is 1. The van der Waals surface area contributed by atoms with Gasteiger partial charge in [-0.2, -0.15) is 0 Å². The highest BCUT2D eigenvalue weighted by Crippen LogP contribution is 2.29. The van der Waals surface area contributed by atoms with Crippen molar-refractivity contribution in [2.24, 2.45) is 11.1 Å². The lowest BCUT2D eigenvalue weighted by Gasteiger charge is -2.26. The van der Waals surface area contributed by atoms with Gasteiger partial charge in [0.25, 0.3) is 5.91 Å². The quantitative estimate of drug-likeness (QED) is 0.495. The zero-order chi connectivity index (χ0) is 21.3. The number of carbonyl (C=O) groups excluding carboxylic acids is 1. The van der Waals surface area contributed by atoms with Crippen molar-refractivity contribution < 1.29 is 19.1 Å². The Balaban J connectivity index is 1.49. The Morgan fingerprint density at radius 2 is 2.07 bits per heavy atom. The minimum atomic E-state index is -0.177. The number of ether oxygens (including phenoxy) is 2. The number of hydrogen-bond donors (Lipinski definition) is 1. The van der Waals surface area contributed by atoms with Gasteiger partial charge in [0, 0.05) is 5.56 Å². The number of fused-ring (bicyclic) bond motifs is 1. The van der Waals surface area contributed by atoms with E-state index in [1.54, 1.807) is 13.3 Å². The van der Waals surface area contributed by atoms with Crippen LogP contribution in [0, 0.1) is 5.92 Å². The molecule has 1 aliphatic rings. The summed E-state index contributed by atoms with van der Waals surface area (Å²) >= 11 is 0. The smallest absolute Gasteiger partial charge is 0.261 e. The predicted octanol–water partition coefficient (Wildman–Crippen LogP) is 4.27. The molecule has 3 rings (SSSR count). The molecule has 2 aromatic rings. The summed E-state index contributed by atoms with van der Waals surface area (Å²) in [5.41, 5.74) is 3.31. The standard InChI is InChI=1S/C24H30N2O4/c1-17(2)15-29-22-12-11-18(13-23(22)28-3)14-25-30-16-24(27)26-21-10-6-8-19-7-4-5-9-20(19)21/h4-5,7,9,11-14,17,21H,6,8,10,15-16H2,1-3H3,(H,26,27)/b25-14-/t21-/m1/s1. The van der Waals surface area contributed by atoms with E-state index in [0.717, 1.165) is 24.8 Å². The second-order valence-corrected chi connectivity index (χ2v) is 7.83. The molecular weight excluding hydrogens is 380 g/mol. The third-order valence-corrected chi connectivity index (χ3v) is 4.94. The molecule has 160 valence electrons. The van der Waals surface area contributed by atoms with Crippen LogP contribution >= 0.6 is 0 Å². The van der Waals surface area contributed by atoms with Crippen LogP contribution in [0.4, 0.5) is 0 Å². The Morgan fingerprint density at radius 1 is 1.23 bits per heavy atom. The van der Waals surface area contributed by atoms with Gasteiger partial charge in [-0.1, -0.05) is 43.3 Å². The van der Waals surface area contributed by atoms with Crippen LogP contribution in [0.2, 0.25) is 0 Å². The third-order valence-electron chi connectivity index (χ3n) is 4.94. The van der Waals surface area contributed by atoms with Crippen LogP contribution in [-0.4, -0.2) is 32.4 Å². The predicted molar refractivity (Wildman–Crippen MR) is 117 cm³/mol. The molecule has 0 heterocycles. The van der Waals surface area contributed by atoms with Crippen molar-refractivity contribution in [1.29, 1.82) is 0 Å². The molecule has 0 saturated carbocycles. The monoisotopic (exact) mass is 410 g/mol. The highest BCUT2D eigenvalue weighted by atomic mass is 16.6. The van der Waals surface area contributed by atoms with Gasteiger partial charge in [-0.25, -0.2) is 0 Å². The second-order valence-electron chi connectivity index (χ2n) is 7.83. The van der Waals surface area contributed by atoms with Crippen LogP contribution in [0.1, 0.15) is 49.4 Å². The zero-order valence-corrected chi connectivity index (χ0v) is 17.9. The van der Waals surface area contributed by atoms with E-state index in [4.69, 9.17) is 14.3 Å². The molecule has 1 atom stereocenters. The van der Waals surface area contributed by atoms with Crippen molar-refractivity contribution in [2.45, 2.75) is 39.2 Å². The first-order chi connectivity index (χ1) is 14.6. The van der Waals surface area contributed by atoms with E-state index in [-0.39, 0.29) is 18.6 Å². The Kier molecular flexibility index (Phi) is 7.71. The summed E-state index contributed by atoms with van der Waals surface area (Å²) in [5.74, 6) is 1.58. The number of amides is 1. The molecule has 0 bridgehead atoms. The number of nitrogens with zero attached hydrogens (tertiary/aromatic N) is 1. The van der Waals surface area contributed by atoms with Gasteiger partial charge in [-0.15, -0.1) is 0 Å². The fourth-order valence-corrected chi connectivity index (χ4v) is 3.47. The largest absolute Gasteiger partial charge is 0.493 e. The Labute approximate surface area is 178 Å². The molecule has 0 aromatic heterocycles. The molecule has 0 radical (unpaired) electrons. The number of carbonyl (C=O) groups is 1. The van der Waals surface area contributed by atoms with Gasteiger partial charge in [-0.05, 0) is 54.5 Å². The Bertz CT molecular complexity index is 879. The van der Waals surface area contributed by atoms with Gasteiger partial charge in [0.05, 0.1) is 26.0 Å². The molecule has 1 N–H and O–H groups in total. The second kappa shape index (κ2) is 10.7. The molecule has 6 nitrogen and oxygen atoms in total. The molecule has 0 unspecified atom stereocenters. The molecule has 0 spiro atoms. The van der Waals surface area contributed by atoms with Crippen LogP contribution in [-0.2, 0) is 16.1 Å². The average Bonchev–Trinajstić information content (AvgIpc) is 2.75. The summed E-state index contributed by atoms with van der Waals surface area (Å²) in [6.45, 7) is 4.68. The minimum Gasteiger partial charge on any atom is -0.493 e. The van der Waals surface area contributed by atoms with Crippen molar-refractivity contribution in [3.05, 3.63) is 59.2 Å². The Morgan fingerprint density at radius 3 is 2.87 bits per heavy atom. The SMILES string of the molecule is COc1cc(/C=N\OCC(=O)N[C@@H]2CCCc3ccccc32)ccc1OCC(C)C. The topological polar surface area (TPSA) is 69.2 Å². The fourth-order valence-electron chi connectivity index (χ4n) is 3.47. The van der Waals surface area contributed by atoms with Gasteiger partial charge >= 0.3 is 0 Å². The lowest BCUT2D eigenvalue weighted by Crippen LogP contribution is -2.33. The molecule has 0 saturated heterocycles. The van der Waals surface area contributed by atoms with Crippen molar-refractivity contribution in [3.63, 3.8) is 0 Å². The van der Waals surface area contributed by atoms with E-state index in [2.05, 4.69) is 36.5 Å². The zero-order valence-electron chi connectivity index (χ0n) is 17.9. The van der Waals surface area contributed by atoms with Gasteiger partial charge in [0.1, 0.15) is 0 Å². The maximum atomic E-state index is 12.3. The van der Waals surface area contributed by atoms with Crippen molar-refractivity contribution in [1.82, 2.24) is 5.32 Å². The highest BCUT2D eigenvalue weighted by Gasteiger charge is 2.21. The Hall–Kier alpha value is -3.02. The normalized spacial score (nSPS) is 15.7. The summed E-state index contributed by atoms with van der Waals surface area (Å²) < 4.78 is 11.1. The molecule has 1 aliphatic carbocycles.